The molecule has 90 valence electrons. The maximum absolute atomic E-state index is 10.5. The minimum absolute atomic E-state index is 0. The summed E-state index contributed by atoms with van der Waals surface area (Å²) in [5.74, 6) is -0.692. The minimum Gasteiger partial charge on any atom is -0.682 e. The Hall–Kier alpha value is -0.110. The van der Waals surface area contributed by atoms with Gasteiger partial charge < -0.3 is 10.4 Å². The first kappa shape index (κ1) is 16.9. The molecule has 17 heavy (non-hydrogen) atoms. The van der Waals surface area contributed by atoms with Gasteiger partial charge in [0, 0.05) is 0 Å². The molecule has 0 aromatic heterocycles. The number of aliphatic hydroxyl groups is 1. The molecule has 1 atom stereocenters. The van der Waals surface area contributed by atoms with Gasteiger partial charge in [-0.2, -0.15) is 8.42 Å². The average Bonchev–Trinajstić information content (AvgIpc) is 2.12. The van der Waals surface area contributed by atoms with Crippen LogP contribution in [0.15, 0.2) is 24.3 Å². The van der Waals surface area contributed by atoms with E-state index in [-0.39, 0.29) is 36.1 Å². The summed E-state index contributed by atoms with van der Waals surface area (Å²) in [6, 6.07) is 7.31. The van der Waals surface area contributed by atoms with E-state index in [1.54, 1.807) is 6.07 Å². The number of rotatable bonds is 5. The Morgan fingerprint density at radius 3 is 2.59 bits per heavy atom. The monoisotopic (exact) mass is 267 g/mol. The van der Waals surface area contributed by atoms with Gasteiger partial charge in [0.15, 0.2) is 0 Å². The summed E-state index contributed by atoms with van der Waals surface area (Å²) in [6.45, 7) is 1.86. The van der Waals surface area contributed by atoms with Crippen LogP contribution in [0.2, 0.25) is 0 Å². The molecule has 0 aliphatic rings. The normalized spacial score (nSPS) is 12.6. The second-order valence-corrected chi connectivity index (χ2v) is 5.08. The molecular weight excluding hydrogens is 253 g/mol. The molecular formula is C10H14NNaO4S. The van der Waals surface area contributed by atoms with Crippen LogP contribution in [0.3, 0.4) is 0 Å². The Labute approximate surface area is 123 Å². The van der Waals surface area contributed by atoms with E-state index in [1.807, 2.05) is 25.1 Å². The fraction of sp³-hybridized carbons (Fsp3) is 0.400. The molecule has 1 aromatic rings. The van der Waals surface area contributed by atoms with E-state index in [0.29, 0.717) is 5.69 Å². The van der Waals surface area contributed by atoms with Gasteiger partial charge in [-0.1, -0.05) is 29.8 Å². The number of benzene rings is 1. The predicted octanol–water partition coefficient (Wildman–Crippen LogP) is -1.75. The van der Waals surface area contributed by atoms with Gasteiger partial charge in [0.2, 0.25) is 0 Å². The first-order valence-corrected chi connectivity index (χ1v) is 6.35. The van der Waals surface area contributed by atoms with Gasteiger partial charge in [-0.15, -0.1) is 12.2 Å². The number of hydrogen-bond acceptors (Lipinski definition) is 3. The summed E-state index contributed by atoms with van der Waals surface area (Å²) >= 11 is 0. The standard InChI is InChI=1S/C10H14NO4S.Na/c1-8-3-2-4-9(5-8)11-6-10(12)7-16(13,14)15;/h2-5,10,12H,6-7H2,1H3,(H,13,14,15);/q-1;+1. The minimum atomic E-state index is -4.15. The summed E-state index contributed by atoms with van der Waals surface area (Å²) in [5, 5.41) is 13.3. The van der Waals surface area contributed by atoms with E-state index < -0.39 is 22.0 Å². The zero-order valence-electron chi connectivity index (χ0n) is 9.87. The molecule has 0 amide bonds. The summed E-state index contributed by atoms with van der Waals surface area (Å²) in [6.07, 6.45) is -1.18. The van der Waals surface area contributed by atoms with Crippen molar-refractivity contribution in [3.05, 3.63) is 35.1 Å². The molecule has 2 N–H and O–H groups in total. The van der Waals surface area contributed by atoms with E-state index in [4.69, 9.17) is 4.55 Å². The van der Waals surface area contributed by atoms with Crippen molar-refractivity contribution in [3.63, 3.8) is 0 Å². The van der Waals surface area contributed by atoms with Crippen LogP contribution >= 0.6 is 0 Å². The molecule has 0 aliphatic heterocycles. The molecule has 7 heteroatoms. The summed E-state index contributed by atoms with van der Waals surface area (Å²) in [5.41, 5.74) is 1.71. The summed E-state index contributed by atoms with van der Waals surface area (Å²) < 4.78 is 29.4. The van der Waals surface area contributed by atoms with Gasteiger partial charge in [0.1, 0.15) is 0 Å². The van der Waals surface area contributed by atoms with Gasteiger partial charge in [0.25, 0.3) is 10.1 Å². The van der Waals surface area contributed by atoms with E-state index in [2.05, 4.69) is 5.32 Å². The van der Waals surface area contributed by atoms with E-state index in [1.165, 1.54) is 0 Å². The molecule has 0 spiro atoms. The van der Waals surface area contributed by atoms with Crippen LogP contribution < -0.4 is 29.6 Å². The third-order valence-corrected chi connectivity index (χ3v) is 2.70. The van der Waals surface area contributed by atoms with Gasteiger partial charge in [0.05, 0.1) is 11.9 Å². The molecule has 0 heterocycles. The maximum atomic E-state index is 10.5. The third kappa shape index (κ3) is 7.75. The molecule has 1 unspecified atom stereocenters. The van der Waals surface area contributed by atoms with Crippen molar-refractivity contribution in [2.24, 2.45) is 0 Å². The third-order valence-electron chi connectivity index (χ3n) is 1.89. The Kier molecular flexibility index (Phi) is 7.30. The number of aryl methyl sites for hydroxylation is 1. The smallest absolute Gasteiger partial charge is 0.682 e. The van der Waals surface area contributed by atoms with Crippen molar-refractivity contribution in [1.29, 1.82) is 0 Å². The Morgan fingerprint density at radius 1 is 1.41 bits per heavy atom. The second kappa shape index (κ2) is 7.35. The molecule has 0 saturated heterocycles. The summed E-state index contributed by atoms with van der Waals surface area (Å²) in [7, 11) is -4.15. The van der Waals surface area contributed by atoms with Crippen molar-refractivity contribution < 1.29 is 47.6 Å². The van der Waals surface area contributed by atoms with Crippen molar-refractivity contribution in [3.8, 4) is 0 Å². The zero-order valence-corrected chi connectivity index (χ0v) is 12.7. The predicted molar refractivity (Wildman–Crippen MR) is 61.5 cm³/mol. The molecule has 0 saturated carbocycles. The Morgan fingerprint density at radius 2 is 2.06 bits per heavy atom. The SMILES string of the molecule is Cc1cccc([N-]CC(O)CS(=O)(=O)O)c1.[Na+]. The molecule has 0 bridgehead atoms. The second-order valence-electron chi connectivity index (χ2n) is 3.58. The first-order chi connectivity index (χ1) is 7.37. The molecule has 1 rings (SSSR count). The van der Waals surface area contributed by atoms with E-state index in [9.17, 15) is 13.5 Å². The molecule has 0 fully saturated rings. The van der Waals surface area contributed by atoms with Crippen LogP contribution in [0.1, 0.15) is 5.56 Å². The Balaban J connectivity index is 0.00000256. The molecule has 1 aromatic carbocycles. The number of nitrogens with zero attached hydrogens (tertiary/aromatic N) is 1. The fourth-order valence-electron chi connectivity index (χ4n) is 1.23. The van der Waals surface area contributed by atoms with Gasteiger partial charge in [-0.25, -0.2) is 0 Å². The van der Waals surface area contributed by atoms with Crippen LogP contribution in [-0.2, 0) is 10.1 Å². The maximum Gasteiger partial charge on any atom is 1.00 e. The first-order valence-electron chi connectivity index (χ1n) is 4.74. The van der Waals surface area contributed by atoms with Crippen molar-refractivity contribution in [2.45, 2.75) is 13.0 Å². The van der Waals surface area contributed by atoms with Crippen LogP contribution in [0.5, 0.6) is 0 Å². The van der Waals surface area contributed by atoms with Crippen molar-refractivity contribution >= 4 is 15.8 Å². The number of hydrogen-bond donors (Lipinski definition) is 2. The quantitative estimate of drug-likeness (QED) is 0.489. The average molecular weight is 267 g/mol. The van der Waals surface area contributed by atoms with Gasteiger partial charge in [-0.05, 0) is 6.92 Å². The summed E-state index contributed by atoms with van der Waals surface area (Å²) in [4.78, 5) is 0. The van der Waals surface area contributed by atoms with Gasteiger partial charge in [-0.3, -0.25) is 4.55 Å². The molecule has 0 aliphatic carbocycles. The number of aliphatic hydroxyl groups excluding tert-OH is 1. The van der Waals surface area contributed by atoms with Crippen LogP contribution in [0.4, 0.5) is 5.69 Å². The zero-order chi connectivity index (χ0) is 12.2. The van der Waals surface area contributed by atoms with Crippen LogP contribution in [0, 0.1) is 6.92 Å². The molecule has 5 nitrogen and oxygen atoms in total. The largest absolute Gasteiger partial charge is 1.00 e. The van der Waals surface area contributed by atoms with Crippen LogP contribution in [0.25, 0.3) is 5.32 Å². The van der Waals surface area contributed by atoms with E-state index >= 15 is 0 Å². The van der Waals surface area contributed by atoms with Crippen molar-refractivity contribution in [1.82, 2.24) is 0 Å². The Bertz CT molecular complexity index is 449. The topological polar surface area (TPSA) is 88.7 Å². The molecule has 0 radical (unpaired) electrons. The van der Waals surface area contributed by atoms with Crippen molar-refractivity contribution in [2.75, 3.05) is 12.3 Å². The van der Waals surface area contributed by atoms with Crippen LogP contribution in [-0.4, -0.2) is 36.5 Å². The van der Waals surface area contributed by atoms with Gasteiger partial charge >= 0.3 is 29.6 Å². The van der Waals surface area contributed by atoms with E-state index in [0.717, 1.165) is 5.56 Å². The fourth-order valence-corrected chi connectivity index (χ4v) is 1.82.